The van der Waals surface area contributed by atoms with Crippen molar-refractivity contribution in [3.8, 4) is 0 Å². The highest BCUT2D eigenvalue weighted by Gasteiger charge is 2.46. The van der Waals surface area contributed by atoms with E-state index in [-0.39, 0.29) is 18.0 Å². The minimum absolute atomic E-state index is 0.0198. The van der Waals surface area contributed by atoms with Gasteiger partial charge in [-0.3, -0.25) is 20.2 Å². The molecule has 12 heteroatoms. The van der Waals surface area contributed by atoms with E-state index in [9.17, 15) is 30.4 Å². The van der Waals surface area contributed by atoms with E-state index in [4.69, 9.17) is 18.9 Å². The summed E-state index contributed by atoms with van der Waals surface area (Å²) in [6.45, 7) is -0.483. The third-order valence-corrected chi connectivity index (χ3v) is 5.26. The number of nitrogens with zero attached hydrogens (tertiary/aromatic N) is 2. The zero-order valence-electron chi connectivity index (χ0n) is 16.6. The van der Waals surface area contributed by atoms with Gasteiger partial charge in [0.25, 0.3) is 11.4 Å². The lowest BCUT2D eigenvalue weighted by atomic mass is 10.0. The summed E-state index contributed by atoms with van der Waals surface area (Å²) in [5.41, 5.74) is 0.522. The van der Waals surface area contributed by atoms with Crippen molar-refractivity contribution in [2.75, 3.05) is 13.2 Å². The molecular formula is C20H20N2O10. The Kier molecular flexibility index (Phi) is 6.41. The highest BCUT2D eigenvalue weighted by molar-refractivity contribution is 5.36. The van der Waals surface area contributed by atoms with E-state index in [1.165, 1.54) is 36.4 Å². The fraction of sp³-hybridized carbons (Fsp3) is 0.400. The van der Waals surface area contributed by atoms with Crippen LogP contribution in [0.3, 0.4) is 0 Å². The molecular weight excluding hydrogens is 428 g/mol. The van der Waals surface area contributed by atoms with Crippen LogP contribution in [-0.2, 0) is 18.9 Å². The summed E-state index contributed by atoms with van der Waals surface area (Å²) in [6, 6.07) is 11.5. The molecule has 0 spiro atoms. The Morgan fingerprint density at radius 1 is 0.938 bits per heavy atom. The van der Waals surface area contributed by atoms with E-state index in [0.29, 0.717) is 11.1 Å². The van der Waals surface area contributed by atoms with Crippen LogP contribution in [0.15, 0.2) is 48.5 Å². The van der Waals surface area contributed by atoms with Crippen molar-refractivity contribution in [3.05, 3.63) is 79.9 Å². The van der Waals surface area contributed by atoms with Crippen molar-refractivity contribution < 1.29 is 39.0 Å². The second kappa shape index (κ2) is 9.24. The molecule has 2 aromatic carbocycles. The van der Waals surface area contributed by atoms with Crippen LogP contribution in [0.2, 0.25) is 0 Å². The van der Waals surface area contributed by atoms with Crippen LogP contribution in [0, 0.1) is 20.2 Å². The molecule has 170 valence electrons. The maximum absolute atomic E-state index is 11.0. The first-order valence-corrected chi connectivity index (χ1v) is 9.73. The highest BCUT2D eigenvalue weighted by atomic mass is 16.8. The predicted octanol–water partition coefficient (Wildman–Crippen LogP) is 1.75. The number of ether oxygens (including phenoxy) is 4. The summed E-state index contributed by atoms with van der Waals surface area (Å²) in [4.78, 5) is 20.9. The van der Waals surface area contributed by atoms with Crippen LogP contribution in [0.1, 0.15) is 23.7 Å². The number of benzene rings is 2. The van der Waals surface area contributed by atoms with Gasteiger partial charge in [0.1, 0.15) is 24.4 Å². The molecule has 2 heterocycles. The second-order valence-corrected chi connectivity index (χ2v) is 7.32. The molecule has 12 nitrogen and oxygen atoms in total. The molecule has 0 aliphatic carbocycles. The average molecular weight is 448 g/mol. The topological polar surface area (TPSA) is 164 Å². The Hall–Kier alpha value is -3.00. The van der Waals surface area contributed by atoms with Crippen molar-refractivity contribution >= 4 is 11.4 Å². The van der Waals surface area contributed by atoms with E-state index in [1.54, 1.807) is 12.1 Å². The average Bonchev–Trinajstić information content (AvgIpc) is 3.46. The summed E-state index contributed by atoms with van der Waals surface area (Å²) < 4.78 is 22.7. The van der Waals surface area contributed by atoms with E-state index in [2.05, 4.69) is 0 Å². The van der Waals surface area contributed by atoms with Crippen LogP contribution >= 0.6 is 0 Å². The molecule has 2 aliphatic heterocycles. The lowest BCUT2D eigenvalue weighted by molar-refractivity contribution is -0.385. The van der Waals surface area contributed by atoms with Gasteiger partial charge in [-0.1, -0.05) is 24.3 Å². The molecule has 2 saturated heterocycles. The fourth-order valence-corrected chi connectivity index (χ4v) is 3.66. The van der Waals surface area contributed by atoms with Gasteiger partial charge in [-0.2, -0.15) is 0 Å². The lowest BCUT2D eigenvalue weighted by Gasteiger charge is -2.24. The first-order valence-electron chi connectivity index (χ1n) is 9.73. The summed E-state index contributed by atoms with van der Waals surface area (Å²) in [5, 5.41) is 42.5. The zero-order chi connectivity index (χ0) is 22.8. The molecule has 2 fully saturated rings. The van der Waals surface area contributed by atoms with Gasteiger partial charge >= 0.3 is 0 Å². The Morgan fingerprint density at radius 2 is 1.53 bits per heavy atom. The summed E-state index contributed by atoms with van der Waals surface area (Å²) in [5.74, 6) is 0. The van der Waals surface area contributed by atoms with Gasteiger partial charge in [0.05, 0.1) is 23.1 Å². The van der Waals surface area contributed by atoms with Crippen molar-refractivity contribution in [1.82, 2.24) is 0 Å². The Morgan fingerprint density at radius 3 is 2.09 bits per heavy atom. The number of nitro benzene ring substituents is 2. The van der Waals surface area contributed by atoms with Crippen LogP contribution in [-0.4, -0.2) is 57.7 Å². The van der Waals surface area contributed by atoms with E-state index < -0.39 is 53.4 Å². The standard InChI is InChI=1S/C20H20N2O10/c23-9-15-18(32-20(30-15)12-4-2-6-14(8-12)22(27)28)17(24)16-10-29-19(31-16)11-3-1-5-13(7-11)21(25)26/h1-8,15-20,23-24H,9-10H2/t15-,16+,17-,18-,19?,20?/m0/s1. The van der Waals surface area contributed by atoms with Gasteiger partial charge in [0.2, 0.25) is 0 Å². The normalized spacial score (nSPS) is 28.5. The quantitative estimate of drug-likeness (QED) is 0.471. The predicted molar refractivity (Wildman–Crippen MR) is 105 cm³/mol. The van der Waals surface area contributed by atoms with Crippen molar-refractivity contribution in [2.45, 2.75) is 37.0 Å². The number of nitro groups is 2. The third kappa shape index (κ3) is 4.46. The van der Waals surface area contributed by atoms with Crippen molar-refractivity contribution in [1.29, 1.82) is 0 Å². The Bertz CT molecular complexity index is 1000. The molecule has 0 saturated carbocycles. The maximum Gasteiger partial charge on any atom is 0.269 e. The third-order valence-electron chi connectivity index (χ3n) is 5.26. The molecule has 2 unspecified atom stereocenters. The largest absolute Gasteiger partial charge is 0.394 e. The van der Waals surface area contributed by atoms with Crippen molar-refractivity contribution in [3.63, 3.8) is 0 Å². The van der Waals surface area contributed by atoms with Gasteiger partial charge in [-0.15, -0.1) is 0 Å². The lowest BCUT2D eigenvalue weighted by Crippen LogP contribution is -2.45. The highest BCUT2D eigenvalue weighted by Crippen LogP contribution is 2.37. The van der Waals surface area contributed by atoms with Crippen LogP contribution in [0.5, 0.6) is 0 Å². The van der Waals surface area contributed by atoms with Crippen LogP contribution < -0.4 is 0 Å². The fourth-order valence-electron chi connectivity index (χ4n) is 3.66. The Labute approximate surface area is 181 Å². The molecule has 0 aromatic heterocycles. The monoisotopic (exact) mass is 448 g/mol. The van der Waals surface area contributed by atoms with Gasteiger partial charge in [0, 0.05) is 35.4 Å². The molecule has 0 radical (unpaired) electrons. The Balaban J connectivity index is 1.45. The molecule has 4 rings (SSSR count). The van der Waals surface area contributed by atoms with Gasteiger partial charge < -0.3 is 29.2 Å². The number of hydrogen-bond donors (Lipinski definition) is 2. The summed E-state index contributed by atoms with van der Waals surface area (Å²) in [6.07, 6.45) is -5.97. The minimum atomic E-state index is -1.26. The van der Waals surface area contributed by atoms with Gasteiger partial charge in [-0.05, 0) is 0 Å². The first-order chi connectivity index (χ1) is 15.4. The molecule has 0 bridgehead atoms. The smallest absolute Gasteiger partial charge is 0.269 e. The first kappa shape index (κ1) is 22.2. The van der Waals surface area contributed by atoms with Crippen molar-refractivity contribution in [2.24, 2.45) is 0 Å². The van der Waals surface area contributed by atoms with E-state index in [0.717, 1.165) is 0 Å². The van der Waals surface area contributed by atoms with E-state index >= 15 is 0 Å². The molecule has 2 aliphatic rings. The summed E-state index contributed by atoms with van der Waals surface area (Å²) >= 11 is 0. The number of rotatable bonds is 7. The van der Waals surface area contributed by atoms with Gasteiger partial charge in [0.15, 0.2) is 12.6 Å². The van der Waals surface area contributed by atoms with Gasteiger partial charge in [-0.25, -0.2) is 0 Å². The SMILES string of the molecule is O=[N+]([O-])c1cccc(C2O[C@H]([C@@H](O)[C@H]3COC(c4cccc([N+](=O)[O-])c4)O3)[C@H](CO)O2)c1. The summed E-state index contributed by atoms with van der Waals surface area (Å²) in [7, 11) is 0. The van der Waals surface area contributed by atoms with E-state index in [1.807, 2.05) is 0 Å². The number of hydrogen-bond acceptors (Lipinski definition) is 10. The number of non-ortho nitro benzene ring substituents is 2. The maximum atomic E-state index is 11.0. The number of aliphatic hydroxyl groups is 2. The molecule has 6 atom stereocenters. The minimum Gasteiger partial charge on any atom is -0.394 e. The molecule has 0 amide bonds. The van der Waals surface area contributed by atoms with Crippen LogP contribution in [0.4, 0.5) is 11.4 Å². The molecule has 2 aromatic rings. The second-order valence-electron chi connectivity index (χ2n) is 7.32. The zero-order valence-corrected chi connectivity index (χ0v) is 16.6. The molecule has 2 N–H and O–H groups in total. The van der Waals surface area contributed by atoms with Crippen LogP contribution in [0.25, 0.3) is 0 Å². The molecule has 32 heavy (non-hydrogen) atoms. The number of aliphatic hydroxyl groups excluding tert-OH is 2.